The largest absolute Gasteiger partial charge is 0.375 e. The second-order valence-electron chi connectivity index (χ2n) is 9.48. The quantitative estimate of drug-likeness (QED) is 0.671. The monoisotopic (exact) mass is 440 g/mol. The second kappa shape index (κ2) is 8.91. The van der Waals surface area contributed by atoms with Crippen LogP contribution in [0.25, 0.3) is 0 Å². The molecule has 0 radical (unpaired) electrons. The molecule has 0 aromatic heterocycles. The number of carbonyl (C=O) groups is 1. The van der Waals surface area contributed by atoms with Crippen molar-refractivity contribution in [2.45, 2.75) is 62.8 Å². The number of hydrogen-bond acceptors (Lipinski definition) is 3. The number of carbonyl (C=O) groups excluding carboxylic acids is 1. The van der Waals surface area contributed by atoms with Gasteiger partial charge in [-0.05, 0) is 62.3 Å². The Hall–Kier alpha value is -2.31. The van der Waals surface area contributed by atoms with Crippen LogP contribution in [0.5, 0.6) is 0 Å². The summed E-state index contributed by atoms with van der Waals surface area (Å²) in [6.45, 7) is 2.71. The molecular formula is C26H30F2N2O2. The maximum atomic E-state index is 14.1. The molecule has 3 fully saturated rings. The van der Waals surface area contributed by atoms with E-state index in [1.807, 2.05) is 0 Å². The minimum atomic E-state index is -0.674. The third-order valence-electron chi connectivity index (χ3n) is 7.28. The van der Waals surface area contributed by atoms with Gasteiger partial charge in [0.1, 0.15) is 11.6 Å². The molecule has 3 aliphatic rings. The van der Waals surface area contributed by atoms with E-state index < -0.39 is 17.5 Å². The van der Waals surface area contributed by atoms with E-state index in [1.165, 1.54) is 18.4 Å². The average Bonchev–Trinajstić information content (AvgIpc) is 3.65. The first kappa shape index (κ1) is 21.5. The van der Waals surface area contributed by atoms with Crippen molar-refractivity contribution in [3.63, 3.8) is 0 Å². The van der Waals surface area contributed by atoms with Crippen molar-refractivity contribution in [3.8, 4) is 0 Å². The molecule has 1 saturated carbocycles. The van der Waals surface area contributed by atoms with E-state index in [2.05, 4.69) is 35.2 Å². The van der Waals surface area contributed by atoms with E-state index in [-0.39, 0.29) is 11.2 Å². The topological polar surface area (TPSA) is 32.8 Å². The van der Waals surface area contributed by atoms with E-state index >= 15 is 0 Å². The number of rotatable bonds is 5. The van der Waals surface area contributed by atoms with Crippen molar-refractivity contribution >= 4 is 5.91 Å². The average molecular weight is 441 g/mol. The summed E-state index contributed by atoms with van der Waals surface area (Å²) in [6, 6.07) is 14.8. The molecule has 1 aliphatic carbocycles. The molecule has 1 unspecified atom stereocenters. The molecule has 6 heteroatoms. The first-order valence-electron chi connectivity index (χ1n) is 11.7. The van der Waals surface area contributed by atoms with Gasteiger partial charge in [0, 0.05) is 38.3 Å². The Bertz CT molecular complexity index is 956. The zero-order valence-corrected chi connectivity index (χ0v) is 18.3. The predicted molar refractivity (Wildman–Crippen MR) is 118 cm³/mol. The van der Waals surface area contributed by atoms with E-state index in [9.17, 15) is 13.6 Å². The number of nitrogens with zero attached hydrogens (tertiary/aromatic N) is 2. The van der Waals surface area contributed by atoms with Gasteiger partial charge in [-0.3, -0.25) is 9.69 Å². The van der Waals surface area contributed by atoms with Crippen LogP contribution in [0.15, 0.2) is 48.5 Å². The minimum Gasteiger partial charge on any atom is -0.375 e. The van der Waals surface area contributed by atoms with Crippen LogP contribution in [-0.4, -0.2) is 53.1 Å². The van der Waals surface area contributed by atoms with Gasteiger partial charge >= 0.3 is 0 Å². The highest BCUT2D eigenvalue weighted by Gasteiger charge is 2.45. The Labute approximate surface area is 188 Å². The zero-order valence-electron chi connectivity index (χ0n) is 18.3. The lowest BCUT2D eigenvalue weighted by Crippen LogP contribution is -2.54. The van der Waals surface area contributed by atoms with Crippen LogP contribution in [-0.2, 0) is 11.3 Å². The van der Waals surface area contributed by atoms with Crippen LogP contribution in [0.3, 0.4) is 0 Å². The first-order chi connectivity index (χ1) is 15.5. The lowest BCUT2D eigenvalue weighted by molar-refractivity contribution is -0.131. The highest BCUT2D eigenvalue weighted by Crippen LogP contribution is 2.40. The number of benzene rings is 2. The molecule has 2 aromatic rings. The summed E-state index contributed by atoms with van der Waals surface area (Å²) in [7, 11) is 0. The number of piperidine rings is 1. The fourth-order valence-corrected chi connectivity index (χ4v) is 5.34. The Morgan fingerprint density at radius 1 is 1.03 bits per heavy atom. The number of amides is 1. The molecule has 1 amide bonds. The molecule has 170 valence electrons. The lowest BCUT2D eigenvalue weighted by Gasteiger charge is -2.48. The summed E-state index contributed by atoms with van der Waals surface area (Å²) >= 11 is 0. The molecule has 2 aliphatic heterocycles. The van der Waals surface area contributed by atoms with Crippen LogP contribution in [0, 0.1) is 11.6 Å². The summed E-state index contributed by atoms with van der Waals surface area (Å²) in [5.41, 5.74) is 0.924. The Morgan fingerprint density at radius 3 is 2.50 bits per heavy atom. The molecule has 1 spiro atoms. The molecule has 2 heterocycles. The van der Waals surface area contributed by atoms with Gasteiger partial charge in [0.15, 0.2) is 0 Å². The molecule has 2 saturated heterocycles. The van der Waals surface area contributed by atoms with Gasteiger partial charge in [0.25, 0.3) is 5.91 Å². The number of halogens is 2. The van der Waals surface area contributed by atoms with Gasteiger partial charge in [-0.15, -0.1) is 0 Å². The summed E-state index contributed by atoms with van der Waals surface area (Å²) < 4.78 is 33.9. The van der Waals surface area contributed by atoms with Crippen LogP contribution in [0.1, 0.15) is 54.4 Å². The van der Waals surface area contributed by atoms with Crippen molar-refractivity contribution < 1.29 is 18.3 Å². The van der Waals surface area contributed by atoms with Crippen LogP contribution < -0.4 is 0 Å². The maximum absolute atomic E-state index is 14.1. The lowest BCUT2D eigenvalue weighted by atomic mass is 9.81. The van der Waals surface area contributed by atoms with Gasteiger partial charge in [-0.2, -0.15) is 0 Å². The van der Waals surface area contributed by atoms with Gasteiger partial charge in [0.2, 0.25) is 0 Å². The van der Waals surface area contributed by atoms with Gasteiger partial charge in [-0.25, -0.2) is 8.78 Å². The summed E-state index contributed by atoms with van der Waals surface area (Å²) in [5, 5.41) is 0. The van der Waals surface area contributed by atoms with Crippen molar-refractivity contribution in [2.75, 3.05) is 19.7 Å². The number of ether oxygens (including phenoxy) is 1. The highest BCUT2D eigenvalue weighted by atomic mass is 19.1. The standard InChI is InChI=1S/C26H30F2N2O2/c27-20-6-9-24(28)23(16-20)25(31)29-13-11-26(12-14-29)17-22(10-15-32-26)30(21-7-8-21)18-19-4-2-1-3-5-19/h1-6,9,16,21-22H,7-8,10-15,17-18H2. The van der Waals surface area contributed by atoms with E-state index in [1.54, 1.807) is 4.90 Å². The Morgan fingerprint density at radius 2 is 1.78 bits per heavy atom. The molecule has 2 aromatic carbocycles. The normalized spacial score (nSPS) is 23.0. The predicted octanol–water partition coefficient (Wildman–Crippen LogP) is 4.78. The van der Waals surface area contributed by atoms with E-state index in [0.29, 0.717) is 25.2 Å². The van der Waals surface area contributed by atoms with Crippen molar-refractivity contribution in [1.29, 1.82) is 0 Å². The minimum absolute atomic E-state index is 0.189. The van der Waals surface area contributed by atoms with Gasteiger partial charge in [0.05, 0.1) is 11.2 Å². The molecule has 5 rings (SSSR count). The Balaban J connectivity index is 1.24. The Kier molecular flexibility index (Phi) is 5.99. The van der Waals surface area contributed by atoms with E-state index in [4.69, 9.17) is 4.74 Å². The molecule has 32 heavy (non-hydrogen) atoms. The third kappa shape index (κ3) is 4.57. The zero-order chi connectivity index (χ0) is 22.1. The van der Waals surface area contributed by atoms with E-state index in [0.717, 1.165) is 57.0 Å². The van der Waals surface area contributed by atoms with Crippen LogP contribution in [0.2, 0.25) is 0 Å². The SMILES string of the molecule is O=C(c1cc(F)ccc1F)N1CCC2(CC1)CC(N(Cc1ccccc1)C1CC1)CCO2. The summed E-state index contributed by atoms with van der Waals surface area (Å²) in [5.74, 6) is -1.71. The smallest absolute Gasteiger partial charge is 0.256 e. The van der Waals surface area contributed by atoms with Crippen LogP contribution >= 0.6 is 0 Å². The molecule has 0 N–H and O–H groups in total. The van der Waals surface area contributed by atoms with Gasteiger partial charge < -0.3 is 9.64 Å². The molecule has 0 bridgehead atoms. The van der Waals surface area contributed by atoms with Gasteiger partial charge in [-0.1, -0.05) is 30.3 Å². The number of hydrogen-bond donors (Lipinski definition) is 0. The van der Waals surface area contributed by atoms with Crippen molar-refractivity contribution in [1.82, 2.24) is 9.80 Å². The third-order valence-corrected chi connectivity index (χ3v) is 7.28. The molecular weight excluding hydrogens is 410 g/mol. The fourth-order valence-electron chi connectivity index (χ4n) is 5.34. The van der Waals surface area contributed by atoms with Crippen LogP contribution in [0.4, 0.5) is 8.78 Å². The summed E-state index contributed by atoms with van der Waals surface area (Å²) in [6.07, 6.45) is 5.98. The van der Waals surface area contributed by atoms with Crippen molar-refractivity contribution in [2.24, 2.45) is 0 Å². The molecule has 4 nitrogen and oxygen atoms in total. The maximum Gasteiger partial charge on any atom is 0.256 e. The fraction of sp³-hybridized carbons (Fsp3) is 0.500. The number of likely N-dealkylation sites (tertiary alicyclic amines) is 1. The summed E-state index contributed by atoms with van der Waals surface area (Å²) in [4.78, 5) is 17.1. The molecule has 1 atom stereocenters. The first-order valence-corrected chi connectivity index (χ1v) is 11.7. The highest BCUT2D eigenvalue weighted by molar-refractivity contribution is 5.94. The second-order valence-corrected chi connectivity index (χ2v) is 9.48. The van der Waals surface area contributed by atoms with Crippen molar-refractivity contribution in [3.05, 3.63) is 71.3 Å².